The fourth-order valence-electron chi connectivity index (χ4n) is 2.64. The maximum Gasteiger partial charge on any atom is 0.321 e. The molecule has 1 aromatic carbocycles. The van der Waals surface area contributed by atoms with Gasteiger partial charge in [-0.15, -0.1) is 0 Å². The molecule has 1 heterocycles. The van der Waals surface area contributed by atoms with Crippen LogP contribution in [0.5, 0.6) is 0 Å². The first-order valence-electron chi connectivity index (χ1n) is 7.87. The van der Waals surface area contributed by atoms with Gasteiger partial charge in [0.25, 0.3) is 0 Å². The molecule has 1 amide bonds. The molecule has 0 radical (unpaired) electrons. The highest BCUT2D eigenvalue weighted by Crippen LogP contribution is 2.25. The van der Waals surface area contributed by atoms with Crippen molar-refractivity contribution in [2.45, 2.75) is 50.5 Å². The molecule has 1 atom stereocenters. The van der Waals surface area contributed by atoms with E-state index in [1.165, 1.54) is 12.1 Å². The molecular weight excluding hydrogens is 332 g/mol. The molecule has 8 heteroatoms. The zero-order valence-corrected chi connectivity index (χ0v) is 14.5. The van der Waals surface area contributed by atoms with Crippen LogP contribution in [0.25, 0.3) is 0 Å². The van der Waals surface area contributed by atoms with Gasteiger partial charge in [-0.1, -0.05) is 13.8 Å². The van der Waals surface area contributed by atoms with Crippen molar-refractivity contribution in [2.24, 2.45) is 5.92 Å². The third-order valence-corrected chi connectivity index (χ3v) is 5.28. The van der Waals surface area contributed by atoms with Crippen LogP contribution in [-0.4, -0.2) is 31.4 Å². The predicted molar refractivity (Wildman–Crippen MR) is 89.2 cm³/mol. The average molecular weight is 354 g/mol. The van der Waals surface area contributed by atoms with Crippen LogP contribution in [0.4, 0.5) is 5.69 Å². The Balaban J connectivity index is 2.27. The molecule has 0 aromatic heterocycles. The number of amides is 1. The lowest BCUT2D eigenvalue weighted by molar-refractivity contribution is -0.139. The minimum absolute atomic E-state index is 0.00686. The number of benzene rings is 1. The number of aryl methyl sites for hydroxylation is 1. The van der Waals surface area contributed by atoms with Gasteiger partial charge < -0.3 is 10.4 Å². The van der Waals surface area contributed by atoms with Crippen LogP contribution in [0, 0.1) is 5.92 Å². The molecule has 1 unspecified atom stereocenters. The van der Waals surface area contributed by atoms with E-state index in [2.05, 4.69) is 10.0 Å². The summed E-state index contributed by atoms with van der Waals surface area (Å²) in [7, 11) is -3.95. The minimum atomic E-state index is -3.95. The number of sulfonamides is 1. The maximum atomic E-state index is 12.5. The number of rotatable bonds is 6. The second-order valence-corrected chi connectivity index (χ2v) is 8.08. The van der Waals surface area contributed by atoms with Crippen molar-refractivity contribution >= 4 is 27.6 Å². The number of aliphatic carboxylic acids is 1. The van der Waals surface area contributed by atoms with Gasteiger partial charge >= 0.3 is 5.97 Å². The predicted octanol–water partition coefficient (Wildman–Crippen LogP) is 1.74. The maximum absolute atomic E-state index is 12.5. The zero-order chi connectivity index (χ0) is 17.9. The summed E-state index contributed by atoms with van der Waals surface area (Å²) in [6.07, 6.45) is 1.83. The van der Waals surface area contributed by atoms with E-state index in [1.54, 1.807) is 6.07 Å². The first-order valence-corrected chi connectivity index (χ1v) is 9.35. The van der Waals surface area contributed by atoms with E-state index in [0.29, 0.717) is 24.9 Å². The third-order valence-electron chi connectivity index (χ3n) is 3.81. The lowest BCUT2D eigenvalue weighted by Crippen LogP contribution is -2.41. The Hall–Kier alpha value is -1.93. The standard InChI is InChI=1S/C16H22N2O5S/c1-10(2)8-14(16(20)21)18-24(22,23)12-6-7-13-11(9-12)4-3-5-15(19)17-13/h6-7,9-10,14,18H,3-5,8H2,1-2H3,(H,17,19)(H,20,21). The molecule has 0 saturated carbocycles. The number of carboxylic acids is 1. The molecule has 0 spiro atoms. The Kier molecular flexibility index (Phi) is 5.61. The van der Waals surface area contributed by atoms with Crippen molar-refractivity contribution in [3.63, 3.8) is 0 Å². The summed E-state index contributed by atoms with van der Waals surface area (Å²) in [6, 6.07) is 3.25. The van der Waals surface area contributed by atoms with Crippen LogP contribution in [0.2, 0.25) is 0 Å². The van der Waals surface area contributed by atoms with Gasteiger partial charge in [0.15, 0.2) is 0 Å². The van der Waals surface area contributed by atoms with E-state index >= 15 is 0 Å². The summed E-state index contributed by atoms with van der Waals surface area (Å²) in [6.45, 7) is 3.66. The zero-order valence-electron chi connectivity index (χ0n) is 13.7. The van der Waals surface area contributed by atoms with Crippen LogP contribution >= 0.6 is 0 Å². The van der Waals surface area contributed by atoms with E-state index in [0.717, 1.165) is 5.56 Å². The fourth-order valence-corrected chi connectivity index (χ4v) is 3.90. The van der Waals surface area contributed by atoms with Crippen molar-refractivity contribution in [3.8, 4) is 0 Å². The van der Waals surface area contributed by atoms with Gasteiger partial charge in [0.05, 0.1) is 4.90 Å². The highest BCUT2D eigenvalue weighted by molar-refractivity contribution is 7.89. The van der Waals surface area contributed by atoms with Gasteiger partial charge in [-0.25, -0.2) is 8.42 Å². The molecule has 0 saturated heterocycles. The number of anilines is 1. The molecule has 132 valence electrons. The molecule has 1 aliphatic heterocycles. The van der Waals surface area contributed by atoms with Gasteiger partial charge in [0, 0.05) is 12.1 Å². The molecule has 0 fully saturated rings. The quantitative estimate of drug-likeness (QED) is 0.720. The highest BCUT2D eigenvalue weighted by Gasteiger charge is 2.27. The van der Waals surface area contributed by atoms with Crippen LogP contribution in [-0.2, 0) is 26.0 Å². The Bertz CT molecular complexity index is 743. The topological polar surface area (TPSA) is 113 Å². The molecule has 1 aliphatic rings. The summed E-state index contributed by atoms with van der Waals surface area (Å²) >= 11 is 0. The normalized spacial score (nSPS) is 16.2. The number of carbonyl (C=O) groups is 2. The number of carboxylic acid groups (broad SMARTS) is 1. The highest BCUT2D eigenvalue weighted by atomic mass is 32.2. The summed E-state index contributed by atoms with van der Waals surface area (Å²) < 4.78 is 27.3. The monoisotopic (exact) mass is 354 g/mol. The summed E-state index contributed by atoms with van der Waals surface area (Å²) in [5, 5.41) is 12.0. The number of nitrogens with one attached hydrogen (secondary N) is 2. The van der Waals surface area contributed by atoms with Crippen molar-refractivity contribution in [1.82, 2.24) is 4.72 Å². The van der Waals surface area contributed by atoms with E-state index in [4.69, 9.17) is 0 Å². The summed E-state index contributed by atoms with van der Waals surface area (Å²) in [5.41, 5.74) is 1.34. The Morgan fingerprint density at radius 1 is 1.33 bits per heavy atom. The van der Waals surface area contributed by atoms with Crippen molar-refractivity contribution in [1.29, 1.82) is 0 Å². The number of fused-ring (bicyclic) bond motifs is 1. The first-order chi connectivity index (χ1) is 11.2. The smallest absolute Gasteiger partial charge is 0.321 e. The molecule has 0 bridgehead atoms. The second-order valence-electron chi connectivity index (χ2n) is 6.36. The second kappa shape index (κ2) is 7.31. The van der Waals surface area contributed by atoms with E-state index in [9.17, 15) is 23.1 Å². The van der Waals surface area contributed by atoms with Crippen molar-refractivity contribution in [2.75, 3.05) is 5.32 Å². The van der Waals surface area contributed by atoms with Gasteiger partial charge in [0.1, 0.15) is 6.04 Å². The largest absolute Gasteiger partial charge is 0.480 e. The van der Waals surface area contributed by atoms with Crippen LogP contribution in [0.1, 0.15) is 38.7 Å². The minimum Gasteiger partial charge on any atom is -0.480 e. The SMILES string of the molecule is CC(C)CC(NS(=O)(=O)c1ccc2c(c1)CCCC(=O)N2)C(=O)O. The summed E-state index contributed by atoms with van der Waals surface area (Å²) in [5.74, 6) is -1.25. The van der Waals surface area contributed by atoms with Crippen LogP contribution in [0.15, 0.2) is 23.1 Å². The lowest BCUT2D eigenvalue weighted by Gasteiger charge is -2.17. The average Bonchev–Trinajstić information content (AvgIpc) is 2.65. The van der Waals surface area contributed by atoms with Crippen molar-refractivity contribution < 1.29 is 23.1 Å². The number of carbonyl (C=O) groups excluding carboxylic acids is 1. The molecule has 0 aliphatic carbocycles. The van der Waals surface area contributed by atoms with E-state index in [-0.39, 0.29) is 23.1 Å². The third kappa shape index (κ3) is 4.55. The van der Waals surface area contributed by atoms with Crippen molar-refractivity contribution in [3.05, 3.63) is 23.8 Å². The van der Waals surface area contributed by atoms with Gasteiger partial charge in [-0.3, -0.25) is 9.59 Å². The van der Waals surface area contributed by atoms with Gasteiger partial charge in [-0.2, -0.15) is 4.72 Å². The van der Waals surface area contributed by atoms with Crippen LogP contribution < -0.4 is 10.0 Å². The molecule has 2 rings (SSSR count). The number of hydrogen-bond acceptors (Lipinski definition) is 4. The Morgan fingerprint density at radius 3 is 2.67 bits per heavy atom. The van der Waals surface area contributed by atoms with Gasteiger partial charge in [0.2, 0.25) is 15.9 Å². The Labute approximate surface area is 141 Å². The van der Waals surface area contributed by atoms with E-state index < -0.39 is 22.0 Å². The number of hydrogen-bond donors (Lipinski definition) is 3. The molecule has 7 nitrogen and oxygen atoms in total. The van der Waals surface area contributed by atoms with Gasteiger partial charge in [-0.05, 0) is 48.9 Å². The molecule has 3 N–H and O–H groups in total. The lowest BCUT2D eigenvalue weighted by atomic mass is 10.1. The Morgan fingerprint density at radius 2 is 2.04 bits per heavy atom. The van der Waals surface area contributed by atoms with Crippen LogP contribution in [0.3, 0.4) is 0 Å². The molecule has 1 aromatic rings. The van der Waals surface area contributed by atoms with E-state index in [1.807, 2.05) is 13.8 Å². The summed E-state index contributed by atoms with van der Waals surface area (Å²) in [4.78, 5) is 22.8. The first kappa shape index (κ1) is 18.4. The molecular formula is C16H22N2O5S. The fraction of sp³-hybridized carbons (Fsp3) is 0.500. The molecule has 24 heavy (non-hydrogen) atoms.